The molecule has 0 aliphatic heterocycles. The Hall–Kier alpha value is -1.90. The third kappa shape index (κ3) is 3.28. The number of rotatable bonds is 2. The summed E-state index contributed by atoms with van der Waals surface area (Å²) in [6.07, 6.45) is -4.45. The third-order valence-electron chi connectivity index (χ3n) is 1.97. The van der Waals surface area contributed by atoms with Crippen molar-refractivity contribution in [2.24, 2.45) is 0 Å². The van der Waals surface area contributed by atoms with Crippen LogP contribution in [0.25, 0.3) is 0 Å². The maximum atomic E-state index is 12.4. The van der Waals surface area contributed by atoms with Crippen LogP contribution in [0.1, 0.15) is 19.4 Å². The Morgan fingerprint density at radius 2 is 1.88 bits per heavy atom. The number of nitrogens with two attached hydrogens (primary N) is 1. The second-order valence-electron chi connectivity index (χ2n) is 3.97. The van der Waals surface area contributed by atoms with Gasteiger partial charge in [0.15, 0.2) is 5.60 Å². The summed E-state index contributed by atoms with van der Waals surface area (Å²) in [5, 5.41) is 8.73. The molecule has 0 radical (unpaired) electrons. The van der Waals surface area contributed by atoms with Gasteiger partial charge in [-0.2, -0.15) is 18.4 Å². The topological polar surface area (TPSA) is 59.0 Å². The smallest absolute Gasteiger partial charge is 0.416 e. The van der Waals surface area contributed by atoms with Crippen LogP contribution in [0.4, 0.5) is 18.9 Å². The minimum atomic E-state index is -4.45. The number of alkyl halides is 3. The van der Waals surface area contributed by atoms with E-state index in [2.05, 4.69) is 0 Å². The van der Waals surface area contributed by atoms with Crippen LogP contribution in [0.3, 0.4) is 0 Å². The fraction of sp³-hybridized carbons (Fsp3) is 0.364. The number of nitrogens with zero attached hydrogens (tertiary/aromatic N) is 1. The molecular formula is C11H11F3N2O. The maximum absolute atomic E-state index is 12.4. The Labute approximate surface area is 96.6 Å². The van der Waals surface area contributed by atoms with Crippen LogP contribution >= 0.6 is 0 Å². The molecule has 2 N–H and O–H groups in total. The Kier molecular flexibility index (Phi) is 3.23. The van der Waals surface area contributed by atoms with Crippen LogP contribution in [-0.2, 0) is 6.18 Å². The molecule has 0 aromatic heterocycles. The van der Waals surface area contributed by atoms with Crippen LogP contribution in [-0.4, -0.2) is 5.60 Å². The van der Waals surface area contributed by atoms with Crippen molar-refractivity contribution in [3.63, 3.8) is 0 Å². The normalized spacial score (nSPS) is 12.0. The molecule has 0 bridgehead atoms. The standard InChI is InChI=1S/C11H11F3N2O/c1-10(2,6-15)17-9-4-3-7(5-8(9)16)11(12,13)14/h3-5H,16H2,1-2H3. The molecule has 0 saturated heterocycles. The minimum Gasteiger partial charge on any atom is -0.471 e. The molecule has 0 unspecified atom stereocenters. The molecule has 1 aromatic rings. The average Bonchev–Trinajstić information content (AvgIpc) is 2.19. The van der Waals surface area contributed by atoms with Gasteiger partial charge in [0.2, 0.25) is 0 Å². The van der Waals surface area contributed by atoms with Gasteiger partial charge >= 0.3 is 6.18 Å². The molecule has 0 atom stereocenters. The van der Waals surface area contributed by atoms with Crippen molar-refractivity contribution in [3.05, 3.63) is 23.8 Å². The Morgan fingerprint density at radius 3 is 2.29 bits per heavy atom. The summed E-state index contributed by atoms with van der Waals surface area (Å²) in [6.45, 7) is 2.98. The zero-order valence-corrected chi connectivity index (χ0v) is 9.30. The van der Waals surface area contributed by atoms with Gasteiger partial charge in [-0.1, -0.05) is 0 Å². The highest BCUT2D eigenvalue weighted by Gasteiger charge is 2.31. The minimum absolute atomic E-state index is 0.0598. The van der Waals surface area contributed by atoms with E-state index in [1.54, 1.807) is 0 Å². The van der Waals surface area contributed by atoms with E-state index in [1.165, 1.54) is 13.8 Å². The Balaban J connectivity index is 3.04. The van der Waals surface area contributed by atoms with Crippen molar-refractivity contribution < 1.29 is 17.9 Å². The van der Waals surface area contributed by atoms with E-state index in [0.29, 0.717) is 0 Å². The second-order valence-corrected chi connectivity index (χ2v) is 3.97. The van der Waals surface area contributed by atoms with Gasteiger partial charge in [0, 0.05) is 0 Å². The first kappa shape index (κ1) is 13.2. The molecule has 17 heavy (non-hydrogen) atoms. The molecule has 0 aliphatic carbocycles. The number of ether oxygens (including phenoxy) is 1. The SMILES string of the molecule is CC(C)(C#N)Oc1ccc(C(F)(F)F)cc1N. The molecular weight excluding hydrogens is 233 g/mol. The van der Waals surface area contributed by atoms with E-state index in [0.717, 1.165) is 18.2 Å². The predicted molar refractivity (Wildman–Crippen MR) is 56.2 cm³/mol. The van der Waals surface area contributed by atoms with Gasteiger partial charge in [-0.05, 0) is 32.0 Å². The van der Waals surface area contributed by atoms with E-state index in [-0.39, 0.29) is 11.4 Å². The molecule has 1 rings (SSSR count). The third-order valence-corrected chi connectivity index (χ3v) is 1.97. The summed E-state index contributed by atoms with van der Waals surface area (Å²) >= 11 is 0. The summed E-state index contributed by atoms with van der Waals surface area (Å²) in [4.78, 5) is 0. The number of hydrogen-bond acceptors (Lipinski definition) is 3. The largest absolute Gasteiger partial charge is 0.471 e. The van der Waals surface area contributed by atoms with Crippen molar-refractivity contribution >= 4 is 5.69 Å². The fourth-order valence-corrected chi connectivity index (χ4v) is 1.12. The highest BCUT2D eigenvalue weighted by Crippen LogP contribution is 2.34. The lowest BCUT2D eigenvalue weighted by atomic mass is 10.1. The first-order valence-corrected chi connectivity index (χ1v) is 4.73. The lowest BCUT2D eigenvalue weighted by molar-refractivity contribution is -0.137. The van der Waals surface area contributed by atoms with Gasteiger partial charge in [-0.25, -0.2) is 0 Å². The van der Waals surface area contributed by atoms with E-state index < -0.39 is 17.3 Å². The molecule has 0 amide bonds. The Bertz CT molecular complexity index is 461. The maximum Gasteiger partial charge on any atom is 0.416 e. The van der Waals surface area contributed by atoms with Crippen molar-refractivity contribution in [2.75, 3.05) is 5.73 Å². The van der Waals surface area contributed by atoms with Gasteiger partial charge in [-0.3, -0.25) is 0 Å². The van der Waals surface area contributed by atoms with E-state index in [4.69, 9.17) is 15.7 Å². The van der Waals surface area contributed by atoms with Gasteiger partial charge in [0.05, 0.1) is 11.3 Å². The first-order chi connectivity index (χ1) is 7.65. The predicted octanol–water partition coefficient (Wildman–Crippen LogP) is 2.97. The van der Waals surface area contributed by atoms with Gasteiger partial charge in [0.1, 0.15) is 11.8 Å². The van der Waals surface area contributed by atoms with Crippen LogP contribution in [0.5, 0.6) is 5.75 Å². The quantitative estimate of drug-likeness (QED) is 0.813. The lowest BCUT2D eigenvalue weighted by Gasteiger charge is -2.20. The first-order valence-electron chi connectivity index (χ1n) is 4.73. The van der Waals surface area contributed by atoms with E-state index >= 15 is 0 Å². The monoisotopic (exact) mass is 244 g/mol. The summed E-state index contributed by atoms with van der Waals surface area (Å²) in [6, 6.07) is 4.61. The number of halogens is 3. The number of nitrogen functional groups attached to an aromatic ring is 1. The van der Waals surface area contributed by atoms with Gasteiger partial charge in [0.25, 0.3) is 0 Å². The zero-order chi connectivity index (χ0) is 13.3. The van der Waals surface area contributed by atoms with E-state index in [1.807, 2.05) is 6.07 Å². The van der Waals surface area contributed by atoms with Crippen molar-refractivity contribution in [2.45, 2.75) is 25.6 Å². The average molecular weight is 244 g/mol. The molecule has 0 aliphatic rings. The molecule has 92 valence electrons. The van der Waals surface area contributed by atoms with Crippen molar-refractivity contribution in [1.82, 2.24) is 0 Å². The molecule has 6 heteroatoms. The van der Waals surface area contributed by atoms with Crippen LogP contribution in [0.15, 0.2) is 18.2 Å². The highest BCUT2D eigenvalue weighted by molar-refractivity contribution is 5.55. The second kappa shape index (κ2) is 4.17. The van der Waals surface area contributed by atoms with Crippen molar-refractivity contribution in [1.29, 1.82) is 5.26 Å². The van der Waals surface area contributed by atoms with E-state index in [9.17, 15) is 13.2 Å². The van der Waals surface area contributed by atoms with Crippen LogP contribution in [0, 0.1) is 11.3 Å². The number of benzene rings is 1. The van der Waals surface area contributed by atoms with Gasteiger partial charge in [-0.15, -0.1) is 0 Å². The summed E-state index contributed by atoms with van der Waals surface area (Å²) in [5.74, 6) is 0.0598. The molecule has 0 fully saturated rings. The molecule has 0 saturated carbocycles. The number of anilines is 1. The van der Waals surface area contributed by atoms with Crippen LogP contribution in [0.2, 0.25) is 0 Å². The van der Waals surface area contributed by atoms with Gasteiger partial charge < -0.3 is 10.5 Å². The molecule has 3 nitrogen and oxygen atoms in total. The lowest BCUT2D eigenvalue weighted by Crippen LogP contribution is -2.26. The summed E-state index contributed by atoms with van der Waals surface area (Å²) in [5.41, 5.74) is 3.30. The molecule has 1 aromatic carbocycles. The summed E-state index contributed by atoms with van der Waals surface area (Å²) in [7, 11) is 0. The fourth-order valence-electron chi connectivity index (χ4n) is 1.12. The molecule has 0 heterocycles. The van der Waals surface area contributed by atoms with Crippen molar-refractivity contribution in [3.8, 4) is 11.8 Å². The highest BCUT2D eigenvalue weighted by atomic mass is 19.4. The molecule has 0 spiro atoms. The number of nitriles is 1. The summed E-state index contributed by atoms with van der Waals surface area (Å²) < 4.78 is 42.3. The zero-order valence-electron chi connectivity index (χ0n) is 9.30. The number of hydrogen-bond donors (Lipinski definition) is 1. The Morgan fingerprint density at radius 1 is 1.29 bits per heavy atom. The van der Waals surface area contributed by atoms with Crippen LogP contribution < -0.4 is 10.5 Å².